The first-order valence-electron chi connectivity index (χ1n) is 4.06. The molecule has 0 heterocycles. The van der Waals surface area contributed by atoms with Gasteiger partial charge in [-0.1, -0.05) is 17.7 Å². The summed E-state index contributed by atoms with van der Waals surface area (Å²) in [5.41, 5.74) is 0.772. The van der Waals surface area contributed by atoms with Gasteiger partial charge < -0.3 is 4.74 Å². The molecule has 0 spiro atoms. The molecule has 0 saturated heterocycles. The lowest BCUT2D eigenvalue weighted by atomic mass is 10.1. The zero-order chi connectivity index (χ0) is 9.68. The number of nitriles is 1. The van der Waals surface area contributed by atoms with Crippen molar-refractivity contribution in [1.29, 1.82) is 5.26 Å². The van der Waals surface area contributed by atoms with Crippen molar-refractivity contribution in [2.45, 2.75) is 13.3 Å². The van der Waals surface area contributed by atoms with E-state index in [1.165, 1.54) is 0 Å². The highest BCUT2D eigenvalue weighted by molar-refractivity contribution is 6.31. The number of hydrogen-bond donors (Lipinski definition) is 0. The van der Waals surface area contributed by atoms with Crippen molar-refractivity contribution in [3.8, 4) is 11.8 Å². The van der Waals surface area contributed by atoms with Gasteiger partial charge in [-0.05, 0) is 19.1 Å². The number of rotatable bonds is 3. The van der Waals surface area contributed by atoms with Crippen LogP contribution in [0.3, 0.4) is 0 Å². The van der Waals surface area contributed by atoms with Crippen molar-refractivity contribution in [3.05, 3.63) is 28.8 Å². The van der Waals surface area contributed by atoms with E-state index in [2.05, 4.69) is 6.07 Å². The lowest BCUT2D eigenvalue weighted by Crippen LogP contribution is -1.96. The van der Waals surface area contributed by atoms with Gasteiger partial charge in [0.25, 0.3) is 0 Å². The van der Waals surface area contributed by atoms with Crippen molar-refractivity contribution in [1.82, 2.24) is 0 Å². The van der Waals surface area contributed by atoms with Crippen LogP contribution in [0.2, 0.25) is 5.02 Å². The van der Waals surface area contributed by atoms with Gasteiger partial charge in [-0.15, -0.1) is 0 Å². The molecule has 0 radical (unpaired) electrons. The van der Waals surface area contributed by atoms with Gasteiger partial charge in [0.2, 0.25) is 0 Å². The number of ether oxygens (including phenoxy) is 1. The van der Waals surface area contributed by atoms with Crippen LogP contribution in [-0.2, 0) is 6.42 Å². The molecule has 13 heavy (non-hydrogen) atoms. The fourth-order valence-corrected chi connectivity index (χ4v) is 1.31. The molecule has 0 aliphatic carbocycles. The topological polar surface area (TPSA) is 33.0 Å². The second-order valence-corrected chi connectivity index (χ2v) is 2.89. The van der Waals surface area contributed by atoms with Crippen LogP contribution in [0.15, 0.2) is 18.2 Å². The Morgan fingerprint density at radius 3 is 2.92 bits per heavy atom. The largest absolute Gasteiger partial charge is 0.494 e. The maximum Gasteiger partial charge on any atom is 0.125 e. The first kappa shape index (κ1) is 9.88. The fourth-order valence-electron chi connectivity index (χ4n) is 1.08. The van der Waals surface area contributed by atoms with E-state index < -0.39 is 0 Å². The van der Waals surface area contributed by atoms with E-state index >= 15 is 0 Å². The maximum absolute atomic E-state index is 8.57. The van der Waals surface area contributed by atoms with Crippen LogP contribution in [0.5, 0.6) is 5.75 Å². The second kappa shape index (κ2) is 4.74. The Balaban J connectivity index is 3.03. The van der Waals surface area contributed by atoms with Crippen LogP contribution in [0, 0.1) is 11.3 Å². The molecule has 0 amide bonds. The lowest BCUT2D eigenvalue weighted by Gasteiger charge is -2.08. The van der Waals surface area contributed by atoms with Gasteiger partial charge in [0.1, 0.15) is 5.75 Å². The molecule has 1 aromatic carbocycles. The van der Waals surface area contributed by atoms with Crippen LogP contribution in [0.25, 0.3) is 0 Å². The van der Waals surface area contributed by atoms with Crippen LogP contribution < -0.4 is 4.74 Å². The minimum absolute atomic E-state index is 0.287. The third-order valence-corrected chi connectivity index (χ3v) is 1.99. The average Bonchev–Trinajstić information content (AvgIpc) is 2.11. The molecule has 0 aliphatic heterocycles. The number of halogens is 1. The summed E-state index contributed by atoms with van der Waals surface area (Å²) in [6, 6.07) is 7.46. The molecule has 0 aliphatic rings. The van der Waals surface area contributed by atoms with Crippen molar-refractivity contribution in [3.63, 3.8) is 0 Å². The van der Waals surface area contributed by atoms with Gasteiger partial charge >= 0.3 is 0 Å². The molecular weight excluding hydrogens is 186 g/mol. The Bertz CT molecular complexity index is 330. The summed E-state index contributed by atoms with van der Waals surface area (Å²) < 4.78 is 5.33. The Hall–Kier alpha value is -1.20. The van der Waals surface area contributed by atoms with Crippen LogP contribution >= 0.6 is 11.6 Å². The van der Waals surface area contributed by atoms with Crippen LogP contribution in [0.4, 0.5) is 0 Å². The summed E-state index contributed by atoms with van der Waals surface area (Å²) in [5, 5.41) is 9.16. The van der Waals surface area contributed by atoms with Gasteiger partial charge in [-0.25, -0.2) is 0 Å². The molecule has 0 saturated carbocycles. The van der Waals surface area contributed by atoms with Crippen LogP contribution in [-0.4, -0.2) is 6.61 Å². The third-order valence-electron chi connectivity index (χ3n) is 1.63. The summed E-state index contributed by atoms with van der Waals surface area (Å²) in [4.78, 5) is 0. The predicted molar refractivity (Wildman–Crippen MR) is 51.9 cm³/mol. The zero-order valence-corrected chi connectivity index (χ0v) is 8.14. The number of benzene rings is 1. The molecule has 68 valence electrons. The van der Waals surface area contributed by atoms with E-state index in [-0.39, 0.29) is 6.42 Å². The first-order chi connectivity index (χ1) is 6.29. The monoisotopic (exact) mass is 195 g/mol. The molecule has 0 aromatic heterocycles. The highest BCUT2D eigenvalue weighted by atomic mass is 35.5. The van der Waals surface area contributed by atoms with Crippen molar-refractivity contribution < 1.29 is 4.74 Å². The Labute approximate surface area is 82.7 Å². The van der Waals surface area contributed by atoms with E-state index in [1.54, 1.807) is 6.07 Å². The van der Waals surface area contributed by atoms with Gasteiger partial charge in [0.15, 0.2) is 0 Å². The van der Waals surface area contributed by atoms with E-state index in [9.17, 15) is 0 Å². The Morgan fingerprint density at radius 2 is 2.31 bits per heavy atom. The molecule has 0 N–H and O–H groups in total. The highest BCUT2D eigenvalue weighted by Gasteiger charge is 2.06. The van der Waals surface area contributed by atoms with E-state index in [0.29, 0.717) is 17.4 Å². The first-order valence-corrected chi connectivity index (χ1v) is 4.44. The van der Waals surface area contributed by atoms with Crippen LogP contribution in [0.1, 0.15) is 12.5 Å². The third kappa shape index (κ3) is 2.37. The van der Waals surface area contributed by atoms with Crippen molar-refractivity contribution >= 4 is 11.6 Å². The zero-order valence-electron chi connectivity index (χ0n) is 7.38. The second-order valence-electron chi connectivity index (χ2n) is 2.48. The maximum atomic E-state index is 8.57. The molecule has 2 nitrogen and oxygen atoms in total. The molecule has 0 atom stereocenters. The SMILES string of the molecule is CCOc1cccc(Cl)c1CC#N. The minimum Gasteiger partial charge on any atom is -0.494 e. The molecule has 1 aromatic rings. The van der Waals surface area contributed by atoms with Gasteiger partial charge in [0, 0.05) is 10.6 Å². The summed E-state index contributed by atoms with van der Waals surface area (Å²) >= 11 is 5.91. The molecule has 0 fully saturated rings. The Morgan fingerprint density at radius 1 is 1.54 bits per heavy atom. The van der Waals surface area contributed by atoms with Crippen molar-refractivity contribution in [2.24, 2.45) is 0 Å². The minimum atomic E-state index is 0.287. The summed E-state index contributed by atoms with van der Waals surface area (Å²) in [6.07, 6.45) is 0.287. The fraction of sp³-hybridized carbons (Fsp3) is 0.300. The standard InChI is InChI=1S/C10H10ClNO/c1-2-13-10-5-3-4-9(11)8(10)6-7-12/h3-5H,2,6H2,1H3. The van der Waals surface area contributed by atoms with E-state index in [0.717, 1.165) is 5.56 Å². The normalized spacial score (nSPS) is 9.31. The molecule has 0 unspecified atom stereocenters. The lowest BCUT2D eigenvalue weighted by molar-refractivity contribution is 0.337. The predicted octanol–water partition coefficient (Wildman–Crippen LogP) is 2.80. The summed E-state index contributed by atoms with van der Waals surface area (Å²) in [5.74, 6) is 0.705. The Kier molecular flexibility index (Phi) is 3.60. The average molecular weight is 196 g/mol. The molecule has 1 rings (SSSR count). The number of nitrogens with zero attached hydrogens (tertiary/aromatic N) is 1. The highest BCUT2D eigenvalue weighted by Crippen LogP contribution is 2.26. The molecule has 0 bridgehead atoms. The summed E-state index contributed by atoms with van der Waals surface area (Å²) in [6.45, 7) is 2.48. The number of hydrogen-bond acceptors (Lipinski definition) is 2. The van der Waals surface area contributed by atoms with E-state index in [4.69, 9.17) is 21.6 Å². The van der Waals surface area contributed by atoms with Crippen molar-refractivity contribution in [2.75, 3.05) is 6.61 Å². The van der Waals surface area contributed by atoms with E-state index in [1.807, 2.05) is 19.1 Å². The van der Waals surface area contributed by atoms with Gasteiger partial charge in [0.05, 0.1) is 19.1 Å². The molecule has 3 heteroatoms. The summed E-state index contributed by atoms with van der Waals surface area (Å²) in [7, 11) is 0. The van der Waals surface area contributed by atoms with Gasteiger partial charge in [-0.3, -0.25) is 0 Å². The quantitative estimate of drug-likeness (QED) is 0.743. The smallest absolute Gasteiger partial charge is 0.125 e. The van der Waals surface area contributed by atoms with Gasteiger partial charge in [-0.2, -0.15) is 5.26 Å². The molecular formula is C10H10ClNO.